The summed E-state index contributed by atoms with van der Waals surface area (Å²) in [6, 6.07) is 8.35. The quantitative estimate of drug-likeness (QED) is 0.695. The molecule has 3 aromatic rings. The molecule has 0 fully saturated rings. The number of hydrogen-bond donors (Lipinski definition) is 1. The van der Waals surface area contributed by atoms with E-state index in [4.69, 9.17) is 5.73 Å². The Labute approximate surface area is 96.6 Å². The zero-order valence-electron chi connectivity index (χ0n) is 8.42. The molecule has 0 radical (unpaired) electrons. The molecule has 3 rings (SSSR count). The van der Waals surface area contributed by atoms with E-state index in [1.165, 1.54) is 10.1 Å². The minimum atomic E-state index is 0.447. The minimum absolute atomic E-state index is 0.447. The lowest BCUT2D eigenvalue weighted by molar-refractivity contribution is 1.22. The van der Waals surface area contributed by atoms with Crippen LogP contribution in [-0.2, 0) is 0 Å². The highest BCUT2D eigenvalue weighted by molar-refractivity contribution is 7.17. The second-order valence-corrected chi connectivity index (χ2v) is 4.45. The van der Waals surface area contributed by atoms with E-state index in [0.717, 1.165) is 11.3 Å². The summed E-state index contributed by atoms with van der Waals surface area (Å²) in [5.74, 6) is 0.447. The van der Waals surface area contributed by atoms with E-state index in [1.807, 2.05) is 6.07 Å². The van der Waals surface area contributed by atoms with Gasteiger partial charge in [-0.05, 0) is 29.0 Å². The molecule has 0 atom stereocenters. The molecular formula is C12H9N3S. The summed E-state index contributed by atoms with van der Waals surface area (Å²) in [6.45, 7) is 0. The molecule has 0 saturated carbocycles. The van der Waals surface area contributed by atoms with Crippen LogP contribution in [0.1, 0.15) is 0 Å². The molecule has 0 aliphatic rings. The van der Waals surface area contributed by atoms with Crippen molar-refractivity contribution in [1.82, 2.24) is 9.97 Å². The summed E-state index contributed by atoms with van der Waals surface area (Å²) in [6.07, 6.45) is 3.27. The van der Waals surface area contributed by atoms with Crippen LogP contribution in [0.2, 0.25) is 0 Å². The number of nitrogens with zero attached hydrogens (tertiary/aromatic N) is 2. The number of benzene rings is 1. The molecule has 0 aliphatic carbocycles. The van der Waals surface area contributed by atoms with Crippen molar-refractivity contribution in [3.63, 3.8) is 0 Å². The molecule has 0 aliphatic heterocycles. The maximum Gasteiger partial charge on any atom is 0.142 e. The predicted octanol–water partition coefficient (Wildman–Crippen LogP) is 2.94. The van der Waals surface area contributed by atoms with Crippen molar-refractivity contribution < 1.29 is 0 Å². The van der Waals surface area contributed by atoms with Gasteiger partial charge in [-0.25, -0.2) is 4.98 Å². The van der Waals surface area contributed by atoms with Gasteiger partial charge < -0.3 is 5.73 Å². The predicted molar refractivity (Wildman–Crippen MR) is 67.3 cm³/mol. The van der Waals surface area contributed by atoms with Gasteiger partial charge in [-0.2, -0.15) is 0 Å². The van der Waals surface area contributed by atoms with Crippen LogP contribution in [0.4, 0.5) is 5.82 Å². The first kappa shape index (κ1) is 9.30. The summed E-state index contributed by atoms with van der Waals surface area (Å²) in [4.78, 5) is 8.30. The third-order valence-corrected chi connectivity index (χ3v) is 3.30. The molecule has 4 heteroatoms. The van der Waals surface area contributed by atoms with Gasteiger partial charge in [0.25, 0.3) is 0 Å². The van der Waals surface area contributed by atoms with Crippen LogP contribution in [0.5, 0.6) is 0 Å². The normalized spacial score (nSPS) is 10.8. The lowest BCUT2D eigenvalue weighted by atomic mass is 10.1. The topological polar surface area (TPSA) is 51.8 Å². The van der Waals surface area contributed by atoms with E-state index in [2.05, 4.69) is 33.5 Å². The molecular weight excluding hydrogens is 218 g/mol. The fourth-order valence-corrected chi connectivity index (χ4v) is 2.42. The maximum atomic E-state index is 5.62. The summed E-state index contributed by atoms with van der Waals surface area (Å²) < 4.78 is 1.28. The van der Waals surface area contributed by atoms with Gasteiger partial charge in [-0.1, -0.05) is 6.07 Å². The molecule has 1 aromatic carbocycles. The lowest BCUT2D eigenvalue weighted by Crippen LogP contribution is -1.93. The Morgan fingerprint density at radius 3 is 2.94 bits per heavy atom. The van der Waals surface area contributed by atoms with Crippen LogP contribution in [0.15, 0.2) is 42.0 Å². The molecule has 0 amide bonds. The fourth-order valence-electron chi connectivity index (χ4n) is 1.65. The van der Waals surface area contributed by atoms with E-state index in [0.29, 0.717) is 5.82 Å². The number of hydrogen-bond acceptors (Lipinski definition) is 4. The van der Waals surface area contributed by atoms with Gasteiger partial charge in [-0.3, -0.25) is 4.98 Å². The van der Waals surface area contributed by atoms with E-state index in [-0.39, 0.29) is 0 Å². The van der Waals surface area contributed by atoms with E-state index in [1.54, 1.807) is 23.7 Å². The first-order valence-corrected chi connectivity index (χ1v) is 5.76. The van der Waals surface area contributed by atoms with Crippen LogP contribution in [0.3, 0.4) is 0 Å². The number of thiophene rings is 1. The number of nitrogen functional groups attached to an aromatic ring is 1. The smallest absolute Gasteiger partial charge is 0.142 e. The van der Waals surface area contributed by atoms with Gasteiger partial charge >= 0.3 is 0 Å². The highest BCUT2D eigenvalue weighted by Crippen LogP contribution is 2.26. The van der Waals surface area contributed by atoms with Crippen molar-refractivity contribution in [1.29, 1.82) is 0 Å². The largest absolute Gasteiger partial charge is 0.382 e. The van der Waals surface area contributed by atoms with Gasteiger partial charge in [0.15, 0.2) is 0 Å². The molecule has 2 heterocycles. The second kappa shape index (κ2) is 3.57. The highest BCUT2D eigenvalue weighted by Gasteiger charge is 2.02. The number of fused-ring (bicyclic) bond motifs is 1. The molecule has 78 valence electrons. The monoisotopic (exact) mass is 227 g/mol. The molecule has 0 saturated heterocycles. The number of rotatable bonds is 1. The minimum Gasteiger partial charge on any atom is -0.382 e. The average molecular weight is 227 g/mol. The first-order chi connectivity index (χ1) is 7.83. The lowest BCUT2D eigenvalue weighted by Gasteiger charge is -2.01. The van der Waals surface area contributed by atoms with Gasteiger partial charge in [0.1, 0.15) is 5.82 Å². The standard InChI is InChI=1S/C12H9N3S/c13-12-7-14-6-10(15-12)8-1-2-11-9(5-8)3-4-16-11/h1-7H,(H2,13,15). The van der Waals surface area contributed by atoms with E-state index in [9.17, 15) is 0 Å². The average Bonchev–Trinajstić information content (AvgIpc) is 2.75. The van der Waals surface area contributed by atoms with Gasteiger partial charge in [-0.15, -0.1) is 11.3 Å². The molecule has 2 N–H and O–H groups in total. The Morgan fingerprint density at radius 1 is 1.12 bits per heavy atom. The summed E-state index contributed by atoms with van der Waals surface area (Å²) >= 11 is 1.73. The zero-order chi connectivity index (χ0) is 11.0. The first-order valence-electron chi connectivity index (χ1n) is 4.88. The number of aromatic nitrogens is 2. The Balaban J connectivity index is 2.18. The van der Waals surface area contributed by atoms with Crippen molar-refractivity contribution >= 4 is 27.2 Å². The maximum absolute atomic E-state index is 5.62. The SMILES string of the molecule is Nc1cncc(-c2ccc3sccc3c2)n1. The van der Waals surface area contributed by atoms with Crippen molar-refractivity contribution in [3.05, 3.63) is 42.0 Å². The Hall–Kier alpha value is -1.94. The molecule has 16 heavy (non-hydrogen) atoms. The van der Waals surface area contributed by atoms with Crippen molar-refractivity contribution in [2.75, 3.05) is 5.73 Å². The Morgan fingerprint density at radius 2 is 2.06 bits per heavy atom. The van der Waals surface area contributed by atoms with Crippen LogP contribution in [0.25, 0.3) is 21.3 Å². The zero-order valence-corrected chi connectivity index (χ0v) is 9.24. The van der Waals surface area contributed by atoms with Crippen molar-refractivity contribution in [2.45, 2.75) is 0 Å². The summed E-state index contributed by atoms with van der Waals surface area (Å²) in [5.41, 5.74) is 7.48. The summed E-state index contributed by atoms with van der Waals surface area (Å²) in [7, 11) is 0. The molecule has 3 nitrogen and oxygen atoms in total. The number of nitrogens with two attached hydrogens (primary N) is 1. The third-order valence-electron chi connectivity index (χ3n) is 2.40. The Kier molecular flexibility index (Phi) is 2.08. The third kappa shape index (κ3) is 1.53. The van der Waals surface area contributed by atoms with Gasteiger partial charge in [0.2, 0.25) is 0 Å². The van der Waals surface area contributed by atoms with Gasteiger partial charge in [0, 0.05) is 10.3 Å². The van der Waals surface area contributed by atoms with Gasteiger partial charge in [0.05, 0.1) is 18.1 Å². The van der Waals surface area contributed by atoms with Crippen LogP contribution < -0.4 is 5.73 Å². The molecule has 0 unspecified atom stereocenters. The van der Waals surface area contributed by atoms with E-state index >= 15 is 0 Å². The molecule has 2 aromatic heterocycles. The second-order valence-electron chi connectivity index (χ2n) is 3.50. The van der Waals surface area contributed by atoms with Crippen LogP contribution >= 0.6 is 11.3 Å². The highest BCUT2D eigenvalue weighted by atomic mass is 32.1. The Bertz CT molecular complexity index is 645. The fraction of sp³-hybridized carbons (Fsp3) is 0. The number of anilines is 1. The molecule has 0 bridgehead atoms. The van der Waals surface area contributed by atoms with E-state index < -0.39 is 0 Å². The van der Waals surface area contributed by atoms with Crippen molar-refractivity contribution in [2.24, 2.45) is 0 Å². The van der Waals surface area contributed by atoms with Crippen molar-refractivity contribution in [3.8, 4) is 11.3 Å². The van der Waals surface area contributed by atoms with Crippen LogP contribution in [-0.4, -0.2) is 9.97 Å². The summed E-state index contributed by atoms with van der Waals surface area (Å²) in [5, 5.41) is 3.31. The molecule has 0 spiro atoms. The van der Waals surface area contributed by atoms with Crippen LogP contribution in [0, 0.1) is 0 Å².